The molecule has 0 unspecified atom stereocenters. The molecule has 1 aliphatic rings. The van der Waals surface area contributed by atoms with Crippen LogP contribution in [0.15, 0.2) is 64.6 Å². The van der Waals surface area contributed by atoms with E-state index in [2.05, 4.69) is 75.7 Å². The Kier molecular flexibility index (Phi) is 5.08. The van der Waals surface area contributed by atoms with Gasteiger partial charge in [0.1, 0.15) is 0 Å². The highest BCUT2D eigenvalue weighted by atomic mass is 15.2. The number of para-hydroxylation sites is 2. The zero-order chi connectivity index (χ0) is 18.8. The van der Waals surface area contributed by atoms with Gasteiger partial charge in [-0.2, -0.15) is 0 Å². The molecule has 1 aromatic carbocycles. The number of aliphatic imine (C=N–C) groups is 1. The van der Waals surface area contributed by atoms with E-state index in [-0.39, 0.29) is 0 Å². The number of hydrogen-bond acceptors (Lipinski definition) is 3. The molecule has 0 N–H and O–H groups in total. The van der Waals surface area contributed by atoms with Crippen LogP contribution >= 0.6 is 0 Å². The molecule has 26 heavy (non-hydrogen) atoms. The first-order chi connectivity index (χ1) is 12.5. The molecule has 134 valence electrons. The maximum atomic E-state index is 4.86. The van der Waals surface area contributed by atoms with Crippen molar-refractivity contribution in [2.75, 3.05) is 4.90 Å². The molecule has 3 nitrogen and oxygen atoms in total. The molecule has 3 heteroatoms. The van der Waals surface area contributed by atoms with Crippen molar-refractivity contribution < 1.29 is 0 Å². The maximum Gasteiger partial charge on any atom is 0.0874 e. The van der Waals surface area contributed by atoms with Crippen molar-refractivity contribution in [3.63, 3.8) is 0 Å². The predicted molar refractivity (Wildman–Crippen MR) is 112 cm³/mol. The van der Waals surface area contributed by atoms with Gasteiger partial charge in [-0.05, 0) is 70.4 Å². The van der Waals surface area contributed by atoms with E-state index in [9.17, 15) is 0 Å². The third kappa shape index (κ3) is 3.10. The smallest absolute Gasteiger partial charge is 0.0874 e. The van der Waals surface area contributed by atoms with Gasteiger partial charge in [-0.1, -0.05) is 24.6 Å². The van der Waals surface area contributed by atoms with E-state index in [1.165, 1.54) is 33.7 Å². The highest BCUT2D eigenvalue weighted by molar-refractivity contribution is 6.11. The zero-order valence-electron chi connectivity index (χ0n) is 16.6. The van der Waals surface area contributed by atoms with E-state index in [1.807, 2.05) is 18.5 Å². The normalized spacial score (nSPS) is 14.6. The first kappa shape index (κ1) is 18.1. The lowest BCUT2D eigenvalue weighted by molar-refractivity contribution is 1.05. The van der Waals surface area contributed by atoms with Gasteiger partial charge in [0.25, 0.3) is 0 Å². The molecule has 1 aliphatic heterocycles. The molecular formula is C23H27N3. The van der Waals surface area contributed by atoms with Crippen LogP contribution in [-0.4, -0.2) is 10.7 Å². The summed E-state index contributed by atoms with van der Waals surface area (Å²) in [5.74, 6) is 0. The number of aromatic nitrogens is 1. The molecule has 2 aromatic rings. The molecule has 0 amide bonds. The van der Waals surface area contributed by atoms with Crippen molar-refractivity contribution in [3.05, 3.63) is 70.7 Å². The maximum absolute atomic E-state index is 4.86. The summed E-state index contributed by atoms with van der Waals surface area (Å²) < 4.78 is 0. The number of anilines is 1. The minimum absolute atomic E-state index is 0.981. The minimum Gasteiger partial charge on any atom is -0.306 e. The van der Waals surface area contributed by atoms with Crippen molar-refractivity contribution in [2.24, 2.45) is 4.99 Å². The summed E-state index contributed by atoms with van der Waals surface area (Å²) in [7, 11) is 0. The molecule has 0 spiro atoms. The van der Waals surface area contributed by atoms with Crippen molar-refractivity contribution in [2.45, 2.75) is 48.0 Å². The van der Waals surface area contributed by atoms with E-state index >= 15 is 0 Å². The predicted octanol–water partition coefficient (Wildman–Crippen LogP) is 6.44. The molecule has 0 saturated carbocycles. The first-order valence-electron chi connectivity index (χ1n) is 9.18. The monoisotopic (exact) mass is 345 g/mol. The molecule has 1 aromatic heterocycles. The van der Waals surface area contributed by atoms with E-state index in [0.29, 0.717) is 0 Å². The summed E-state index contributed by atoms with van der Waals surface area (Å²) in [6, 6.07) is 10.5. The van der Waals surface area contributed by atoms with Gasteiger partial charge >= 0.3 is 0 Å². The topological polar surface area (TPSA) is 28.5 Å². The zero-order valence-corrected chi connectivity index (χ0v) is 16.6. The molecule has 0 atom stereocenters. The lowest BCUT2D eigenvalue weighted by Gasteiger charge is -2.36. The molecule has 2 heterocycles. The van der Waals surface area contributed by atoms with Gasteiger partial charge < -0.3 is 4.90 Å². The average molecular weight is 345 g/mol. The molecule has 0 saturated heterocycles. The van der Waals surface area contributed by atoms with Crippen LogP contribution < -0.4 is 4.90 Å². The van der Waals surface area contributed by atoms with Gasteiger partial charge in [-0.15, -0.1) is 0 Å². The van der Waals surface area contributed by atoms with E-state index in [1.54, 1.807) is 0 Å². The summed E-state index contributed by atoms with van der Waals surface area (Å²) >= 11 is 0. The van der Waals surface area contributed by atoms with E-state index in [0.717, 1.165) is 23.5 Å². The number of allylic oxidation sites excluding steroid dienone is 3. The second kappa shape index (κ2) is 7.28. The Morgan fingerprint density at radius 1 is 1.04 bits per heavy atom. The van der Waals surface area contributed by atoms with Gasteiger partial charge in [0.15, 0.2) is 0 Å². The summed E-state index contributed by atoms with van der Waals surface area (Å²) in [5, 5.41) is 0. The van der Waals surface area contributed by atoms with Crippen molar-refractivity contribution in [3.8, 4) is 0 Å². The van der Waals surface area contributed by atoms with Crippen molar-refractivity contribution in [1.82, 2.24) is 4.98 Å². The Balaban J connectivity index is 2.37. The Labute approximate surface area is 156 Å². The summed E-state index contributed by atoms with van der Waals surface area (Å²) in [5.41, 5.74) is 10.6. The van der Waals surface area contributed by atoms with Gasteiger partial charge in [0, 0.05) is 18.0 Å². The highest BCUT2D eigenvalue weighted by Gasteiger charge is 2.28. The van der Waals surface area contributed by atoms with Crippen LogP contribution in [0.1, 0.15) is 52.2 Å². The Hall–Kier alpha value is -2.68. The first-order valence-corrected chi connectivity index (χ1v) is 9.18. The third-order valence-corrected chi connectivity index (χ3v) is 4.90. The van der Waals surface area contributed by atoms with E-state index in [4.69, 9.17) is 4.99 Å². The Bertz CT molecular complexity index is 928. The number of nitrogens with zero attached hydrogens (tertiary/aromatic N) is 3. The minimum atomic E-state index is 0.981. The fraction of sp³-hybridized carbons (Fsp3) is 0.304. The third-order valence-electron chi connectivity index (χ3n) is 4.90. The standard InChI is InChI=1S/C23H27N3/c1-7-16(4)23(19-14-24-13-12-17(19)5)26-21-11-9-8-10-20(21)25-18(6)22(26)15(2)3/h8-14H,7H2,1-6H3/b23-16+. The summed E-state index contributed by atoms with van der Waals surface area (Å²) in [6.45, 7) is 13.0. The Morgan fingerprint density at radius 3 is 2.42 bits per heavy atom. The fourth-order valence-corrected chi connectivity index (χ4v) is 3.50. The average Bonchev–Trinajstić information content (AvgIpc) is 2.62. The van der Waals surface area contributed by atoms with Crippen molar-refractivity contribution in [1.29, 1.82) is 0 Å². The van der Waals surface area contributed by atoms with Gasteiger partial charge in [0.05, 0.1) is 28.5 Å². The molecule has 0 radical (unpaired) electrons. The lowest BCUT2D eigenvalue weighted by Crippen LogP contribution is -2.29. The van der Waals surface area contributed by atoms with Crippen LogP contribution in [0, 0.1) is 6.92 Å². The highest BCUT2D eigenvalue weighted by Crippen LogP contribution is 2.43. The SMILES string of the molecule is CC/C(C)=C(\c1cnccc1C)N1C(=C(C)C)C(C)=Nc2ccccc21. The number of aryl methyl sites for hydroxylation is 1. The van der Waals surface area contributed by atoms with Crippen LogP contribution in [0.3, 0.4) is 0 Å². The van der Waals surface area contributed by atoms with Crippen LogP contribution in [-0.2, 0) is 0 Å². The molecular weight excluding hydrogens is 318 g/mol. The van der Waals surface area contributed by atoms with E-state index < -0.39 is 0 Å². The Morgan fingerprint density at radius 2 is 1.77 bits per heavy atom. The lowest BCUT2D eigenvalue weighted by atomic mass is 9.97. The number of rotatable bonds is 3. The van der Waals surface area contributed by atoms with Gasteiger partial charge in [-0.3, -0.25) is 4.98 Å². The van der Waals surface area contributed by atoms with Gasteiger partial charge in [-0.25, -0.2) is 4.99 Å². The van der Waals surface area contributed by atoms with Crippen LogP contribution in [0.2, 0.25) is 0 Å². The summed E-state index contributed by atoms with van der Waals surface area (Å²) in [6.07, 6.45) is 4.82. The molecule has 0 fully saturated rings. The molecule has 0 aliphatic carbocycles. The number of benzene rings is 1. The van der Waals surface area contributed by atoms with Crippen LogP contribution in [0.5, 0.6) is 0 Å². The second-order valence-electron chi connectivity index (χ2n) is 7.04. The number of pyridine rings is 1. The second-order valence-corrected chi connectivity index (χ2v) is 7.04. The number of fused-ring (bicyclic) bond motifs is 1. The largest absolute Gasteiger partial charge is 0.306 e. The molecule has 3 rings (SSSR count). The fourth-order valence-electron chi connectivity index (χ4n) is 3.50. The van der Waals surface area contributed by atoms with Crippen LogP contribution in [0.4, 0.5) is 11.4 Å². The van der Waals surface area contributed by atoms with Gasteiger partial charge in [0.2, 0.25) is 0 Å². The van der Waals surface area contributed by atoms with Crippen molar-refractivity contribution >= 4 is 22.8 Å². The molecule has 0 bridgehead atoms. The van der Waals surface area contributed by atoms with Crippen LogP contribution in [0.25, 0.3) is 5.70 Å². The quantitative estimate of drug-likeness (QED) is 0.640. The summed E-state index contributed by atoms with van der Waals surface area (Å²) in [4.78, 5) is 11.7. The number of hydrogen-bond donors (Lipinski definition) is 0.